The molecule has 2 saturated heterocycles. The zero-order valence-corrected chi connectivity index (χ0v) is 16.4. The Hall–Kier alpha value is -1.33. The number of likely N-dealkylation sites (N-methyl/N-ethyl adjacent to an activating group) is 1. The topological polar surface area (TPSA) is 39.9 Å². The molecule has 1 aliphatic carbocycles. The largest absolute Gasteiger partial charge is 0.465 e. The molecule has 3 aliphatic rings. The molecule has 26 heavy (non-hydrogen) atoms. The number of furan rings is 1. The lowest BCUT2D eigenvalue weighted by Crippen LogP contribution is -2.60. The van der Waals surface area contributed by atoms with Gasteiger partial charge in [-0.2, -0.15) is 0 Å². The normalized spacial score (nSPS) is 28.7. The van der Waals surface area contributed by atoms with Gasteiger partial charge < -0.3 is 9.32 Å². The lowest BCUT2D eigenvalue weighted by atomic mass is 9.86. The molecule has 0 bridgehead atoms. The number of aryl methyl sites for hydroxylation is 1. The highest BCUT2D eigenvalue weighted by molar-refractivity contribution is 5.76. The summed E-state index contributed by atoms with van der Waals surface area (Å²) in [6.45, 7) is 8.11. The Bertz CT molecular complexity index is 639. The van der Waals surface area contributed by atoms with Crippen LogP contribution in [0, 0.1) is 5.92 Å². The number of piperazine rings is 1. The van der Waals surface area contributed by atoms with E-state index in [0.29, 0.717) is 12.3 Å². The van der Waals surface area contributed by atoms with Crippen LogP contribution >= 0.6 is 0 Å². The molecule has 2 aliphatic heterocycles. The van der Waals surface area contributed by atoms with Gasteiger partial charge in [-0.15, -0.1) is 0 Å². The van der Waals surface area contributed by atoms with E-state index in [1.54, 1.807) is 0 Å². The van der Waals surface area contributed by atoms with Crippen LogP contribution in [0.3, 0.4) is 0 Å². The van der Waals surface area contributed by atoms with Crippen LogP contribution in [0.25, 0.3) is 0 Å². The summed E-state index contributed by atoms with van der Waals surface area (Å²) in [5, 5.41) is 0. The molecule has 3 fully saturated rings. The van der Waals surface area contributed by atoms with E-state index in [9.17, 15) is 4.79 Å². The van der Waals surface area contributed by atoms with Crippen molar-refractivity contribution in [1.29, 1.82) is 0 Å². The molecule has 0 unspecified atom stereocenters. The zero-order chi connectivity index (χ0) is 18.1. The lowest BCUT2D eigenvalue weighted by Gasteiger charge is -2.49. The molecule has 5 nitrogen and oxygen atoms in total. The average molecular weight is 360 g/mol. The smallest absolute Gasteiger partial charge is 0.222 e. The molecule has 0 N–H and O–H groups in total. The highest BCUT2D eigenvalue weighted by atomic mass is 16.3. The molecule has 1 amide bonds. The van der Waals surface area contributed by atoms with Crippen molar-refractivity contribution >= 4 is 5.91 Å². The fourth-order valence-corrected chi connectivity index (χ4v) is 4.63. The van der Waals surface area contributed by atoms with E-state index < -0.39 is 0 Å². The lowest BCUT2D eigenvalue weighted by molar-refractivity contribution is -0.131. The minimum Gasteiger partial charge on any atom is -0.465 e. The molecule has 0 aromatic carbocycles. The zero-order valence-electron chi connectivity index (χ0n) is 16.4. The van der Waals surface area contributed by atoms with Gasteiger partial charge in [0.2, 0.25) is 5.91 Å². The number of likely N-dealkylation sites (tertiary alicyclic amines) is 1. The standard InChI is InChI=1S/C21H33N3O2/c1-3-18-6-7-19(26-18)15-23-13-12-22(2)21(16-23)9-8-20(25)24(11-10-21)14-17-4-5-17/h6-7,17H,3-5,8-16H2,1-2H3/t21-/m1/s1. The minimum atomic E-state index is 0.131. The third kappa shape index (κ3) is 3.84. The van der Waals surface area contributed by atoms with Gasteiger partial charge in [0.25, 0.3) is 0 Å². The van der Waals surface area contributed by atoms with Crippen molar-refractivity contribution in [3.8, 4) is 0 Å². The third-order valence-electron chi connectivity index (χ3n) is 6.70. The molecule has 5 heteroatoms. The summed E-state index contributed by atoms with van der Waals surface area (Å²) in [4.78, 5) is 19.8. The van der Waals surface area contributed by atoms with Gasteiger partial charge in [0.15, 0.2) is 0 Å². The van der Waals surface area contributed by atoms with E-state index in [1.165, 1.54) is 12.8 Å². The van der Waals surface area contributed by atoms with Gasteiger partial charge in [0, 0.05) is 51.1 Å². The number of rotatable bonds is 5. The summed E-state index contributed by atoms with van der Waals surface area (Å²) in [6.07, 6.45) is 6.35. The molecule has 1 spiro atoms. The van der Waals surface area contributed by atoms with Crippen LogP contribution in [-0.2, 0) is 17.8 Å². The maximum atomic E-state index is 12.6. The van der Waals surface area contributed by atoms with Gasteiger partial charge in [0.1, 0.15) is 11.5 Å². The molecule has 0 radical (unpaired) electrons. The van der Waals surface area contributed by atoms with Crippen LogP contribution in [0.5, 0.6) is 0 Å². The molecule has 144 valence electrons. The number of hydrogen-bond acceptors (Lipinski definition) is 4. The van der Waals surface area contributed by atoms with E-state index in [1.807, 2.05) is 0 Å². The Morgan fingerprint density at radius 1 is 1.15 bits per heavy atom. The number of carbonyl (C=O) groups excluding carboxylic acids is 1. The van der Waals surface area contributed by atoms with E-state index >= 15 is 0 Å². The highest BCUT2D eigenvalue weighted by Crippen LogP contribution is 2.35. The predicted octanol–water partition coefficient (Wildman–Crippen LogP) is 2.75. The van der Waals surface area contributed by atoms with Gasteiger partial charge in [-0.3, -0.25) is 14.6 Å². The maximum absolute atomic E-state index is 12.6. The predicted molar refractivity (Wildman–Crippen MR) is 102 cm³/mol. The van der Waals surface area contributed by atoms with E-state index in [0.717, 1.165) is 76.0 Å². The van der Waals surface area contributed by atoms with Crippen LogP contribution in [-0.4, -0.2) is 65.9 Å². The molecule has 1 aromatic heterocycles. The number of nitrogens with zero attached hydrogens (tertiary/aromatic N) is 3. The molecule has 1 aromatic rings. The van der Waals surface area contributed by atoms with Crippen molar-refractivity contribution in [2.75, 3.05) is 39.8 Å². The Morgan fingerprint density at radius 3 is 2.69 bits per heavy atom. The monoisotopic (exact) mass is 359 g/mol. The number of carbonyl (C=O) groups is 1. The third-order valence-corrected chi connectivity index (χ3v) is 6.70. The van der Waals surface area contributed by atoms with Gasteiger partial charge in [0.05, 0.1) is 6.54 Å². The summed E-state index contributed by atoms with van der Waals surface area (Å²) in [6, 6.07) is 4.22. The second-order valence-electron chi connectivity index (χ2n) is 8.61. The second-order valence-corrected chi connectivity index (χ2v) is 8.61. The summed E-state index contributed by atoms with van der Waals surface area (Å²) in [7, 11) is 2.25. The first-order valence-corrected chi connectivity index (χ1v) is 10.4. The van der Waals surface area contributed by atoms with E-state index in [2.05, 4.69) is 40.8 Å². The van der Waals surface area contributed by atoms with Crippen molar-refractivity contribution in [2.24, 2.45) is 5.92 Å². The van der Waals surface area contributed by atoms with Gasteiger partial charge in [-0.05, 0) is 50.8 Å². The Balaban J connectivity index is 1.42. The van der Waals surface area contributed by atoms with E-state index in [-0.39, 0.29) is 5.54 Å². The van der Waals surface area contributed by atoms with Crippen LogP contribution < -0.4 is 0 Å². The first kappa shape index (κ1) is 18.1. The number of amides is 1. The van der Waals surface area contributed by atoms with Crippen LogP contribution in [0.4, 0.5) is 0 Å². The summed E-state index contributed by atoms with van der Waals surface area (Å²) in [5.41, 5.74) is 0.131. The Morgan fingerprint density at radius 2 is 1.96 bits per heavy atom. The summed E-state index contributed by atoms with van der Waals surface area (Å²) >= 11 is 0. The van der Waals surface area contributed by atoms with Crippen LogP contribution in [0.15, 0.2) is 16.5 Å². The van der Waals surface area contributed by atoms with E-state index in [4.69, 9.17) is 4.42 Å². The molecule has 1 atom stereocenters. The first-order chi connectivity index (χ1) is 12.6. The van der Waals surface area contributed by atoms with Crippen molar-refractivity contribution < 1.29 is 9.21 Å². The quantitative estimate of drug-likeness (QED) is 0.810. The summed E-state index contributed by atoms with van der Waals surface area (Å²) in [5.74, 6) is 3.29. The van der Waals surface area contributed by atoms with Crippen LogP contribution in [0.2, 0.25) is 0 Å². The molecule has 3 heterocycles. The molecule has 1 saturated carbocycles. The Kier molecular flexibility index (Phi) is 5.11. The maximum Gasteiger partial charge on any atom is 0.222 e. The van der Waals surface area contributed by atoms with Crippen LogP contribution in [0.1, 0.15) is 50.5 Å². The molecular formula is C21H33N3O2. The minimum absolute atomic E-state index is 0.131. The molecule has 4 rings (SSSR count). The van der Waals surface area contributed by atoms with Crippen molar-refractivity contribution in [3.63, 3.8) is 0 Å². The van der Waals surface area contributed by atoms with Gasteiger partial charge in [-0.1, -0.05) is 6.92 Å². The second kappa shape index (κ2) is 7.35. The van der Waals surface area contributed by atoms with Crippen molar-refractivity contribution in [1.82, 2.24) is 14.7 Å². The highest BCUT2D eigenvalue weighted by Gasteiger charge is 2.42. The molecular weight excluding hydrogens is 326 g/mol. The van der Waals surface area contributed by atoms with Crippen molar-refractivity contribution in [2.45, 2.75) is 57.5 Å². The fraction of sp³-hybridized carbons (Fsp3) is 0.762. The Labute approximate surface area is 157 Å². The first-order valence-electron chi connectivity index (χ1n) is 10.4. The van der Waals surface area contributed by atoms with Crippen molar-refractivity contribution in [3.05, 3.63) is 23.7 Å². The fourth-order valence-electron chi connectivity index (χ4n) is 4.63. The SMILES string of the molecule is CCc1ccc(CN2CCN(C)[C@@]3(CCC(=O)N(CC4CC4)CC3)C2)o1. The number of hydrogen-bond donors (Lipinski definition) is 0. The van der Waals surface area contributed by atoms with Gasteiger partial charge >= 0.3 is 0 Å². The van der Waals surface area contributed by atoms with Gasteiger partial charge in [-0.25, -0.2) is 0 Å². The summed E-state index contributed by atoms with van der Waals surface area (Å²) < 4.78 is 5.93. The average Bonchev–Trinajstić information content (AvgIpc) is 3.37.